The maximum absolute atomic E-state index is 13.2. The largest absolute Gasteiger partial charge is 0.416 e. The van der Waals surface area contributed by atoms with Gasteiger partial charge in [-0.05, 0) is 42.5 Å². The molecule has 2 aromatic heterocycles. The molecule has 1 aliphatic heterocycles. The number of rotatable bonds is 4. The maximum atomic E-state index is 13.2. The molecule has 0 bridgehead atoms. The molecule has 0 aliphatic carbocycles. The van der Waals surface area contributed by atoms with E-state index < -0.39 is 21.8 Å². The summed E-state index contributed by atoms with van der Waals surface area (Å²) < 4.78 is 68.2. The molecule has 0 saturated carbocycles. The van der Waals surface area contributed by atoms with Crippen LogP contribution in [0.3, 0.4) is 0 Å². The molecule has 2 aromatic carbocycles. The summed E-state index contributed by atoms with van der Waals surface area (Å²) in [7, 11) is -3.67. The first-order valence-corrected chi connectivity index (χ1v) is 12.3. The number of aromatic nitrogens is 4. The van der Waals surface area contributed by atoms with Crippen molar-refractivity contribution in [2.45, 2.75) is 11.1 Å². The summed E-state index contributed by atoms with van der Waals surface area (Å²) in [6, 6.07) is 12.5. The number of anilines is 1. The normalized spacial score (nSPS) is 15.6. The van der Waals surface area contributed by atoms with Crippen LogP contribution in [0.15, 0.2) is 65.7 Å². The lowest BCUT2D eigenvalue weighted by Gasteiger charge is -2.33. The maximum Gasteiger partial charge on any atom is 0.416 e. The van der Waals surface area contributed by atoms with Crippen molar-refractivity contribution in [3.63, 3.8) is 0 Å². The highest BCUT2D eigenvalue weighted by atomic mass is 35.5. The van der Waals surface area contributed by atoms with E-state index in [2.05, 4.69) is 15.1 Å². The lowest BCUT2D eigenvalue weighted by atomic mass is 10.1. The number of hydrogen-bond acceptors (Lipinski definition) is 6. The molecule has 13 heteroatoms. The molecule has 5 rings (SSSR count). The summed E-state index contributed by atoms with van der Waals surface area (Å²) in [4.78, 5) is 10.6. The Kier molecular flexibility index (Phi) is 5.90. The zero-order chi connectivity index (χ0) is 24.8. The fourth-order valence-corrected chi connectivity index (χ4v) is 5.42. The molecule has 0 unspecified atom stereocenters. The molecule has 0 radical (unpaired) electrons. The molecule has 4 aromatic rings. The number of halogens is 4. The summed E-state index contributed by atoms with van der Waals surface area (Å²) in [6.45, 7) is 1.11. The molecule has 0 amide bonds. The van der Waals surface area contributed by atoms with E-state index in [-0.39, 0.29) is 23.8 Å². The predicted octanol–water partition coefficient (Wildman–Crippen LogP) is 3.97. The van der Waals surface area contributed by atoms with Gasteiger partial charge in [0.05, 0.1) is 16.2 Å². The van der Waals surface area contributed by atoms with E-state index in [9.17, 15) is 21.6 Å². The number of sulfonamides is 1. The molecule has 1 fully saturated rings. The Labute approximate surface area is 203 Å². The van der Waals surface area contributed by atoms with Crippen molar-refractivity contribution in [1.82, 2.24) is 23.9 Å². The Morgan fingerprint density at radius 2 is 1.66 bits per heavy atom. The van der Waals surface area contributed by atoms with Gasteiger partial charge in [0.25, 0.3) is 5.78 Å². The van der Waals surface area contributed by atoms with Crippen molar-refractivity contribution in [2.75, 3.05) is 31.1 Å². The SMILES string of the molecule is O=S(=O)(c1ccc(Cl)cc1)N1CCN(c2nc3nccc(-c4cccc(C(F)(F)F)c4)n3n2)CC1. The fraction of sp³-hybridized carbons (Fsp3) is 0.227. The van der Waals surface area contributed by atoms with Gasteiger partial charge < -0.3 is 4.90 Å². The molecule has 35 heavy (non-hydrogen) atoms. The van der Waals surface area contributed by atoms with Crippen molar-refractivity contribution < 1.29 is 21.6 Å². The van der Waals surface area contributed by atoms with E-state index in [0.717, 1.165) is 12.1 Å². The topological polar surface area (TPSA) is 83.7 Å². The van der Waals surface area contributed by atoms with Crippen molar-refractivity contribution in [3.05, 3.63) is 71.4 Å². The van der Waals surface area contributed by atoms with Crippen molar-refractivity contribution in [3.8, 4) is 11.3 Å². The lowest BCUT2D eigenvalue weighted by Crippen LogP contribution is -2.49. The Morgan fingerprint density at radius 1 is 0.943 bits per heavy atom. The summed E-state index contributed by atoms with van der Waals surface area (Å²) in [5.41, 5.74) is -0.0373. The summed E-state index contributed by atoms with van der Waals surface area (Å²) >= 11 is 5.86. The van der Waals surface area contributed by atoms with Gasteiger partial charge in [0.1, 0.15) is 0 Å². The molecule has 0 spiro atoms. The van der Waals surface area contributed by atoms with E-state index in [1.54, 1.807) is 12.1 Å². The first kappa shape index (κ1) is 23.5. The second-order valence-corrected chi connectivity index (χ2v) is 10.3. The van der Waals surface area contributed by atoms with Gasteiger partial charge in [-0.15, -0.1) is 5.10 Å². The van der Waals surface area contributed by atoms with Gasteiger partial charge in [-0.25, -0.2) is 13.4 Å². The van der Waals surface area contributed by atoms with Gasteiger partial charge in [0, 0.05) is 43.0 Å². The van der Waals surface area contributed by atoms with E-state index in [4.69, 9.17) is 11.6 Å². The molecule has 0 atom stereocenters. The van der Waals surface area contributed by atoms with Crippen LogP contribution in [0.1, 0.15) is 5.56 Å². The van der Waals surface area contributed by atoms with Crippen LogP contribution in [0.25, 0.3) is 17.0 Å². The smallest absolute Gasteiger partial charge is 0.337 e. The number of piperazine rings is 1. The van der Waals surface area contributed by atoms with Crippen LogP contribution in [-0.2, 0) is 16.2 Å². The Morgan fingerprint density at radius 3 is 2.34 bits per heavy atom. The van der Waals surface area contributed by atoms with Crippen molar-refractivity contribution in [1.29, 1.82) is 0 Å². The van der Waals surface area contributed by atoms with E-state index in [0.29, 0.717) is 35.3 Å². The summed E-state index contributed by atoms with van der Waals surface area (Å²) in [5.74, 6) is 0.548. The Hall–Kier alpha value is -3.22. The van der Waals surface area contributed by atoms with Crippen LogP contribution in [-0.4, -0.2) is 58.5 Å². The summed E-state index contributed by atoms with van der Waals surface area (Å²) in [5, 5.41) is 4.91. The quantitative estimate of drug-likeness (QED) is 0.403. The van der Waals surface area contributed by atoms with Crippen LogP contribution >= 0.6 is 11.6 Å². The number of nitrogens with zero attached hydrogens (tertiary/aromatic N) is 6. The van der Waals surface area contributed by atoms with Crippen LogP contribution in [0.2, 0.25) is 5.02 Å². The molecule has 8 nitrogen and oxygen atoms in total. The number of fused-ring (bicyclic) bond motifs is 1. The first-order chi connectivity index (χ1) is 16.6. The third-order valence-corrected chi connectivity index (χ3v) is 7.85. The van der Waals surface area contributed by atoms with Gasteiger partial charge in [-0.3, -0.25) is 0 Å². The number of hydrogen-bond donors (Lipinski definition) is 0. The lowest BCUT2D eigenvalue weighted by molar-refractivity contribution is -0.137. The predicted molar refractivity (Wildman–Crippen MR) is 124 cm³/mol. The third-order valence-electron chi connectivity index (χ3n) is 5.69. The van der Waals surface area contributed by atoms with Gasteiger partial charge in [0.2, 0.25) is 16.0 Å². The highest BCUT2D eigenvalue weighted by molar-refractivity contribution is 7.89. The van der Waals surface area contributed by atoms with Crippen LogP contribution in [0, 0.1) is 0 Å². The van der Waals surface area contributed by atoms with Gasteiger partial charge >= 0.3 is 6.18 Å². The Bertz CT molecular complexity index is 1480. The minimum Gasteiger partial charge on any atom is -0.337 e. The monoisotopic (exact) mass is 522 g/mol. The second kappa shape index (κ2) is 8.77. The van der Waals surface area contributed by atoms with Crippen molar-refractivity contribution >= 4 is 33.4 Å². The van der Waals surface area contributed by atoms with E-state index in [1.807, 2.05) is 4.90 Å². The average Bonchev–Trinajstić information content (AvgIpc) is 3.28. The minimum absolute atomic E-state index is 0.163. The minimum atomic E-state index is -4.47. The van der Waals surface area contributed by atoms with E-state index >= 15 is 0 Å². The second-order valence-electron chi connectivity index (χ2n) is 7.88. The molecular weight excluding hydrogens is 505 g/mol. The standard InChI is InChI=1S/C22H18ClF3N6O2S/c23-17-4-6-18(7-5-17)35(33,34)31-12-10-30(11-13-31)21-28-20-27-9-8-19(32(20)29-21)15-2-1-3-16(14-15)22(24,25)26/h1-9,14H,10-13H2. The first-order valence-electron chi connectivity index (χ1n) is 10.5. The van der Waals surface area contributed by atoms with Crippen LogP contribution < -0.4 is 4.90 Å². The van der Waals surface area contributed by atoms with E-state index in [1.165, 1.54) is 45.3 Å². The van der Waals surface area contributed by atoms with Gasteiger partial charge in [-0.1, -0.05) is 23.7 Å². The van der Waals surface area contributed by atoms with Crippen LogP contribution in [0.5, 0.6) is 0 Å². The molecule has 3 heterocycles. The zero-order valence-corrected chi connectivity index (χ0v) is 19.6. The zero-order valence-electron chi connectivity index (χ0n) is 18.0. The molecule has 1 aliphatic rings. The van der Waals surface area contributed by atoms with Crippen LogP contribution in [0.4, 0.5) is 19.1 Å². The molecule has 182 valence electrons. The fourth-order valence-electron chi connectivity index (χ4n) is 3.88. The number of benzene rings is 2. The Balaban J connectivity index is 1.38. The van der Waals surface area contributed by atoms with Gasteiger partial charge in [-0.2, -0.15) is 27.0 Å². The summed E-state index contributed by atoms with van der Waals surface area (Å²) in [6.07, 6.45) is -3.01. The molecular formula is C22H18ClF3N6O2S. The highest BCUT2D eigenvalue weighted by Gasteiger charge is 2.31. The average molecular weight is 523 g/mol. The third kappa shape index (κ3) is 4.56. The van der Waals surface area contributed by atoms with Crippen molar-refractivity contribution in [2.24, 2.45) is 0 Å². The highest BCUT2D eigenvalue weighted by Crippen LogP contribution is 2.32. The molecule has 0 N–H and O–H groups in total. The molecule has 1 saturated heterocycles. The van der Waals surface area contributed by atoms with Gasteiger partial charge in [0.15, 0.2) is 0 Å². The number of alkyl halides is 3.